The summed E-state index contributed by atoms with van der Waals surface area (Å²) in [6.07, 6.45) is 1.97. The first-order chi connectivity index (χ1) is 13.6. The summed E-state index contributed by atoms with van der Waals surface area (Å²) in [5, 5.41) is 14.1. The summed E-state index contributed by atoms with van der Waals surface area (Å²) in [6, 6.07) is 5.19. The third kappa shape index (κ3) is 3.22. The lowest BCUT2D eigenvalue weighted by molar-refractivity contribution is 0.0723. The number of nitrogens with zero attached hydrogens (tertiary/aromatic N) is 5. The van der Waals surface area contributed by atoms with Crippen molar-refractivity contribution in [3.63, 3.8) is 0 Å². The van der Waals surface area contributed by atoms with Gasteiger partial charge in [0.05, 0.1) is 18.8 Å². The van der Waals surface area contributed by atoms with Gasteiger partial charge in [-0.3, -0.25) is 14.7 Å². The molecule has 1 aliphatic rings. The summed E-state index contributed by atoms with van der Waals surface area (Å²) in [4.78, 5) is 31.3. The Morgan fingerprint density at radius 1 is 1.39 bits per heavy atom. The Kier molecular flexibility index (Phi) is 4.78. The van der Waals surface area contributed by atoms with Gasteiger partial charge >= 0.3 is 0 Å². The first-order valence-corrected chi connectivity index (χ1v) is 9.02. The fourth-order valence-corrected chi connectivity index (χ4v) is 3.43. The first-order valence-electron chi connectivity index (χ1n) is 9.02. The Morgan fingerprint density at radius 2 is 2.25 bits per heavy atom. The molecule has 0 spiro atoms. The summed E-state index contributed by atoms with van der Waals surface area (Å²) in [5.74, 6) is -0.384. The zero-order valence-electron chi connectivity index (χ0n) is 15.7. The number of aromatic nitrogens is 5. The molecule has 0 aliphatic carbocycles. The topological polar surface area (TPSA) is 118 Å². The van der Waals surface area contributed by atoms with Gasteiger partial charge < -0.3 is 15.0 Å². The van der Waals surface area contributed by atoms with Gasteiger partial charge in [0.25, 0.3) is 11.8 Å². The number of aromatic amines is 1. The number of nitrogens with one attached hydrogen (secondary N) is 2. The number of pyridine rings is 1. The van der Waals surface area contributed by atoms with Gasteiger partial charge in [-0.15, -0.1) is 0 Å². The minimum absolute atomic E-state index is 0.116. The van der Waals surface area contributed by atoms with Crippen LogP contribution in [-0.2, 0) is 17.7 Å². The second-order valence-electron chi connectivity index (χ2n) is 6.78. The van der Waals surface area contributed by atoms with Crippen LogP contribution in [0.5, 0.6) is 0 Å². The summed E-state index contributed by atoms with van der Waals surface area (Å²) in [5.41, 5.74) is 3.07. The van der Waals surface area contributed by atoms with Crippen molar-refractivity contribution in [2.75, 3.05) is 20.3 Å². The number of hydrogen-bond donors (Lipinski definition) is 2. The van der Waals surface area contributed by atoms with Crippen LogP contribution in [0.4, 0.5) is 0 Å². The normalized spacial score (nSPS) is 14.7. The largest absolute Gasteiger partial charge is 0.383 e. The Morgan fingerprint density at radius 3 is 3.07 bits per heavy atom. The highest BCUT2D eigenvalue weighted by Crippen LogP contribution is 2.22. The van der Waals surface area contributed by atoms with Crippen LogP contribution in [0.15, 0.2) is 24.5 Å². The lowest BCUT2D eigenvalue weighted by Gasteiger charge is -2.27. The maximum Gasteiger partial charge on any atom is 0.272 e. The van der Waals surface area contributed by atoms with E-state index in [1.807, 2.05) is 6.92 Å². The number of ether oxygens (including phenoxy) is 1. The Balaban J connectivity index is 1.51. The zero-order valence-corrected chi connectivity index (χ0v) is 15.7. The predicted molar refractivity (Wildman–Crippen MR) is 98.8 cm³/mol. The SMILES string of the molecule is COC[C@H](C)NC(=O)c1n[nH]c2c1CCN(C(=O)c1cccc3ncnn13)C2. The molecule has 0 saturated heterocycles. The standard InChI is InChI=1S/C18H21N7O3/c1-11(9-28-2)21-17(26)16-12-6-7-24(8-13(12)22-23-16)18(27)14-4-3-5-15-19-10-20-25(14)15/h3-5,10-11H,6-9H2,1-2H3,(H,21,26)(H,22,23)/t11-/m0/s1. The predicted octanol–water partition coefficient (Wildman–Crippen LogP) is 0.416. The number of carbonyl (C=O) groups is 2. The van der Waals surface area contributed by atoms with E-state index >= 15 is 0 Å². The van der Waals surface area contributed by atoms with Gasteiger partial charge in [0, 0.05) is 25.3 Å². The summed E-state index contributed by atoms with van der Waals surface area (Å²) in [6.45, 7) is 3.14. The van der Waals surface area contributed by atoms with Gasteiger partial charge in [0.1, 0.15) is 12.0 Å². The molecule has 4 heterocycles. The third-order valence-corrected chi connectivity index (χ3v) is 4.75. The quantitative estimate of drug-likeness (QED) is 0.659. The second-order valence-corrected chi connectivity index (χ2v) is 6.78. The van der Waals surface area contributed by atoms with Crippen molar-refractivity contribution in [1.29, 1.82) is 0 Å². The molecule has 2 amide bonds. The molecule has 1 atom stereocenters. The molecule has 10 nitrogen and oxygen atoms in total. The van der Waals surface area contributed by atoms with E-state index in [0.717, 1.165) is 11.3 Å². The van der Waals surface area contributed by atoms with E-state index < -0.39 is 0 Å². The van der Waals surface area contributed by atoms with Crippen molar-refractivity contribution in [2.24, 2.45) is 0 Å². The number of H-pyrrole nitrogens is 1. The Hall–Kier alpha value is -3.27. The van der Waals surface area contributed by atoms with Crippen LogP contribution in [0.25, 0.3) is 5.65 Å². The van der Waals surface area contributed by atoms with E-state index in [0.29, 0.717) is 43.2 Å². The molecular weight excluding hydrogens is 362 g/mol. The van der Waals surface area contributed by atoms with E-state index in [1.165, 1.54) is 10.8 Å². The number of fused-ring (bicyclic) bond motifs is 2. The summed E-state index contributed by atoms with van der Waals surface area (Å²) < 4.78 is 6.57. The van der Waals surface area contributed by atoms with E-state index in [9.17, 15) is 9.59 Å². The lowest BCUT2D eigenvalue weighted by atomic mass is 10.0. The minimum atomic E-state index is -0.241. The van der Waals surface area contributed by atoms with E-state index in [-0.39, 0.29) is 17.9 Å². The van der Waals surface area contributed by atoms with Gasteiger partial charge in [-0.05, 0) is 25.5 Å². The van der Waals surface area contributed by atoms with Gasteiger partial charge in [-0.25, -0.2) is 9.50 Å². The molecule has 0 bridgehead atoms. The number of hydrogen-bond acceptors (Lipinski definition) is 6. The molecule has 28 heavy (non-hydrogen) atoms. The van der Waals surface area contributed by atoms with Gasteiger partial charge in [0.2, 0.25) is 0 Å². The van der Waals surface area contributed by atoms with E-state index in [1.54, 1.807) is 30.2 Å². The van der Waals surface area contributed by atoms with Crippen molar-refractivity contribution in [3.05, 3.63) is 47.2 Å². The number of amides is 2. The molecule has 4 rings (SSSR count). The molecule has 0 aromatic carbocycles. The molecule has 10 heteroatoms. The molecular formula is C18H21N7O3. The second kappa shape index (κ2) is 7.39. The molecule has 146 valence electrons. The average molecular weight is 383 g/mol. The summed E-state index contributed by atoms with van der Waals surface area (Å²) >= 11 is 0. The molecule has 0 unspecified atom stereocenters. The monoisotopic (exact) mass is 383 g/mol. The average Bonchev–Trinajstić information content (AvgIpc) is 3.33. The summed E-state index contributed by atoms with van der Waals surface area (Å²) in [7, 11) is 1.59. The maximum absolute atomic E-state index is 13.0. The van der Waals surface area contributed by atoms with Crippen LogP contribution in [-0.4, -0.2) is 67.8 Å². The van der Waals surface area contributed by atoms with Crippen molar-refractivity contribution in [2.45, 2.75) is 25.9 Å². The maximum atomic E-state index is 13.0. The van der Waals surface area contributed by atoms with Crippen LogP contribution >= 0.6 is 0 Å². The van der Waals surface area contributed by atoms with E-state index in [2.05, 4.69) is 25.6 Å². The highest BCUT2D eigenvalue weighted by molar-refractivity contribution is 5.95. The smallest absolute Gasteiger partial charge is 0.272 e. The Labute approximate surface area is 160 Å². The van der Waals surface area contributed by atoms with Crippen molar-refractivity contribution in [3.8, 4) is 0 Å². The zero-order chi connectivity index (χ0) is 19.7. The molecule has 1 aliphatic heterocycles. The lowest BCUT2D eigenvalue weighted by Crippen LogP contribution is -2.38. The number of carbonyl (C=O) groups excluding carboxylic acids is 2. The van der Waals surface area contributed by atoms with Crippen molar-refractivity contribution < 1.29 is 14.3 Å². The number of methoxy groups -OCH3 is 1. The fraction of sp³-hybridized carbons (Fsp3) is 0.389. The van der Waals surface area contributed by atoms with Crippen molar-refractivity contribution in [1.82, 2.24) is 35.0 Å². The molecule has 0 saturated carbocycles. The van der Waals surface area contributed by atoms with Crippen LogP contribution < -0.4 is 5.32 Å². The number of rotatable bonds is 5. The van der Waals surface area contributed by atoms with Crippen LogP contribution in [0.1, 0.15) is 39.2 Å². The highest BCUT2D eigenvalue weighted by Gasteiger charge is 2.29. The van der Waals surface area contributed by atoms with Gasteiger partial charge in [-0.1, -0.05) is 6.07 Å². The van der Waals surface area contributed by atoms with E-state index in [4.69, 9.17) is 4.74 Å². The minimum Gasteiger partial charge on any atom is -0.383 e. The molecule has 2 N–H and O–H groups in total. The molecule has 3 aromatic heterocycles. The first kappa shape index (κ1) is 18.1. The van der Waals surface area contributed by atoms with Crippen LogP contribution in [0.2, 0.25) is 0 Å². The third-order valence-electron chi connectivity index (χ3n) is 4.75. The fourth-order valence-electron chi connectivity index (χ4n) is 3.43. The van der Waals surface area contributed by atoms with Gasteiger partial charge in [0.15, 0.2) is 11.3 Å². The highest BCUT2D eigenvalue weighted by atomic mass is 16.5. The molecule has 0 fully saturated rings. The van der Waals surface area contributed by atoms with Crippen LogP contribution in [0, 0.1) is 0 Å². The van der Waals surface area contributed by atoms with Gasteiger partial charge in [-0.2, -0.15) is 10.2 Å². The van der Waals surface area contributed by atoms with Crippen molar-refractivity contribution >= 4 is 17.5 Å². The molecule has 3 aromatic rings. The van der Waals surface area contributed by atoms with Crippen LogP contribution in [0.3, 0.4) is 0 Å². The Bertz CT molecular complexity index is 1030. The molecule has 0 radical (unpaired) electrons.